The number of ether oxygens (including phenoxy) is 1. The molecule has 0 atom stereocenters. The first-order valence-corrected chi connectivity index (χ1v) is 6.26. The highest BCUT2D eigenvalue weighted by Gasteiger charge is 2.13. The Bertz CT molecular complexity index is 474. The molecule has 0 aliphatic rings. The van der Waals surface area contributed by atoms with Crippen molar-refractivity contribution in [3.05, 3.63) is 29.3 Å². The molecule has 0 heterocycles. The standard InChI is InChI=1S/C7H5Cl2NO4S/c8-5-3-1-2-4-6(5)14-7(11)10-15(9,12)13/h1-4H,(H,10,11). The summed E-state index contributed by atoms with van der Waals surface area (Å²) in [6.07, 6.45) is -1.22. The lowest BCUT2D eigenvalue weighted by atomic mass is 10.3. The van der Waals surface area contributed by atoms with Crippen molar-refractivity contribution in [3.8, 4) is 5.75 Å². The molecule has 0 aromatic heterocycles. The topological polar surface area (TPSA) is 72.5 Å². The molecule has 0 aliphatic heterocycles. The summed E-state index contributed by atoms with van der Waals surface area (Å²) in [5.41, 5.74) is 0. The number of para-hydroxylation sites is 1. The second-order valence-electron chi connectivity index (χ2n) is 2.36. The minimum Gasteiger partial charge on any atom is -0.408 e. The van der Waals surface area contributed by atoms with E-state index in [1.54, 1.807) is 12.1 Å². The number of hydrogen-bond acceptors (Lipinski definition) is 4. The molecule has 1 aromatic carbocycles. The van der Waals surface area contributed by atoms with Crippen LogP contribution >= 0.6 is 22.3 Å². The van der Waals surface area contributed by atoms with Gasteiger partial charge in [-0.15, -0.1) is 0 Å². The first-order chi connectivity index (χ1) is 6.88. The van der Waals surface area contributed by atoms with Crippen molar-refractivity contribution >= 4 is 37.6 Å². The van der Waals surface area contributed by atoms with Crippen LogP contribution in [0.25, 0.3) is 0 Å². The van der Waals surface area contributed by atoms with Gasteiger partial charge in [0.1, 0.15) is 0 Å². The average molecular weight is 270 g/mol. The first kappa shape index (κ1) is 12.1. The van der Waals surface area contributed by atoms with Crippen LogP contribution < -0.4 is 9.46 Å². The number of carbonyl (C=O) groups is 1. The molecule has 1 aromatic rings. The second-order valence-corrected chi connectivity index (χ2v) is 5.07. The Kier molecular flexibility index (Phi) is 3.78. The summed E-state index contributed by atoms with van der Waals surface area (Å²) in [7, 11) is 0.610. The molecule has 0 spiro atoms. The van der Waals surface area contributed by atoms with Gasteiger partial charge in [0.05, 0.1) is 5.02 Å². The molecule has 1 rings (SSSR count). The Hall–Kier alpha value is -0.980. The van der Waals surface area contributed by atoms with Gasteiger partial charge in [0.15, 0.2) is 5.75 Å². The third-order valence-electron chi connectivity index (χ3n) is 1.24. The maximum Gasteiger partial charge on any atom is 0.427 e. The summed E-state index contributed by atoms with van der Waals surface area (Å²) in [5.74, 6) is 0.0389. The van der Waals surface area contributed by atoms with Gasteiger partial charge in [-0.3, -0.25) is 0 Å². The number of halogens is 2. The summed E-state index contributed by atoms with van der Waals surface area (Å²) < 4.78 is 26.9. The van der Waals surface area contributed by atoms with Crippen LogP contribution in [-0.4, -0.2) is 14.5 Å². The third kappa shape index (κ3) is 4.37. The Morgan fingerprint density at radius 3 is 2.47 bits per heavy atom. The van der Waals surface area contributed by atoms with Gasteiger partial charge in [0.2, 0.25) is 0 Å². The van der Waals surface area contributed by atoms with Gasteiger partial charge in [-0.05, 0) is 12.1 Å². The van der Waals surface area contributed by atoms with Crippen LogP contribution in [0.5, 0.6) is 5.75 Å². The van der Waals surface area contributed by atoms with Crippen LogP contribution in [0.3, 0.4) is 0 Å². The molecule has 0 aliphatic carbocycles. The fraction of sp³-hybridized carbons (Fsp3) is 0. The highest BCUT2D eigenvalue weighted by atomic mass is 35.7. The van der Waals surface area contributed by atoms with Crippen molar-refractivity contribution in [3.63, 3.8) is 0 Å². The van der Waals surface area contributed by atoms with Gasteiger partial charge >= 0.3 is 15.3 Å². The molecule has 0 radical (unpaired) electrons. The van der Waals surface area contributed by atoms with Gasteiger partial charge in [0, 0.05) is 10.7 Å². The fourth-order valence-electron chi connectivity index (χ4n) is 0.748. The van der Waals surface area contributed by atoms with E-state index in [4.69, 9.17) is 22.3 Å². The van der Waals surface area contributed by atoms with Crippen molar-refractivity contribution in [1.82, 2.24) is 4.72 Å². The Labute approximate surface area is 95.5 Å². The zero-order valence-electron chi connectivity index (χ0n) is 7.11. The maximum atomic E-state index is 10.9. The van der Waals surface area contributed by atoms with Crippen molar-refractivity contribution in [2.24, 2.45) is 0 Å². The number of benzene rings is 1. The molecule has 8 heteroatoms. The van der Waals surface area contributed by atoms with Crippen molar-refractivity contribution in [2.75, 3.05) is 0 Å². The van der Waals surface area contributed by atoms with E-state index >= 15 is 0 Å². The van der Waals surface area contributed by atoms with Gasteiger partial charge in [-0.1, -0.05) is 23.7 Å². The zero-order valence-corrected chi connectivity index (χ0v) is 9.43. The van der Waals surface area contributed by atoms with Crippen LogP contribution in [0.15, 0.2) is 24.3 Å². The predicted octanol–water partition coefficient (Wildman–Crippen LogP) is 1.91. The largest absolute Gasteiger partial charge is 0.427 e. The number of hydrogen-bond donors (Lipinski definition) is 1. The normalized spacial score (nSPS) is 10.8. The van der Waals surface area contributed by atoms with E-state index in [0.717, 1.165) is 0 Å². The van der Waals surface area contributed by atoms with Crippen molar-refractivity contribution in [2.45, 2.75) is 0 Å². The summed E-state index contributed by atoms with van der Waals surface area (Å²) >= 11 is 5.65. The van der Waals surface area contributed by atoms with Gasteiger partial charge in [-0.25, -0.2) is 9.52 Å². The molecule has 0 saturated carbocycles. The van der Waals surface area contributed by atoms with E-state index in [0.29, 0.717) is 0 Å². The quantitative estimate of drug-likeness (QED) is 0.833. The molecule has 82 valence electrons. The molecule has 1 N–H and O–H groups in total. The molecule has 15 heavy (non-hydrogen) atoms. The summed E-state index contributed by atoms with van der Waals surface area (Å²) in [4.78, 5) is 10.9. The maximum absolute atomic E-state index is 10.9. The van der Waals surface area contributed by atoms with Crippen LogP contribution in [-0.2, 0) is 9.24 Å². The number of carbonyl (C=O) groups excluding carboxylic acids is 1. The molecular formula is C7H5Cl2NO4S. The number of amides is 1. The smallest absolute Gasteiger partial charge is 0.408 e. The van der Waals surface area contributed by atoms with Crippen molar-refractivity contribution < 1.29 is 17.9 Å². The average Bonchev–Trinajstić information content (AvgIpc) is 2.05. The molecule has 0 bridgehead atoms. The first-order valence-electron chi connectivity index (χ1n) is 3.57. The molecule has 0 fully saturated rings. The number of rotatable bonds is 2. The van der Waals surface area contributed by atoms with E-state index < -0.39 is 15.3 Å². The lowest BCUT2D eigenvalue weighted by Crippen LogP contribution is -2.29. The van der Waals surface area contributed by atoms with Crippen LogP contribution in [0.1, 0.15) is 0 Å². The van der Waals surface area contributed by atoms with E-state index in [1.807, 2.05) is 0 Å². The molecule has 1 amide bonds. The molecule has 0 unspecified atom stereocenters. The number of nitrogens with one attached hydrogen (secondary N) is 1. The zero-order chi connectivity index (χ0) is 11.5. The van der Waals surface area contributed by atoms with Gasteiger partial charge < -0.3 is 4.74 Å². The highest BCUT2D eigenvalue weighted by molar-refractivity contribution is 8.12. The molecular weight excluding hydrogens is 265 g/mol. The van der Waals surface area contributed by atoms with Crippen LogP contribution in [0.4, 0.5) is 4.79 Å². The molecule has 0 saturated heterocycles. The minimum atomic E-state index is -4.15. The van der Waals surface area contributed by atoms with Crippen LogP contribution in [0.2, 0.25) is 5.02 Å². The summed E-state index contributed by atoms with van der Waals surface area (Å²) in [6.45, 7) is 0. The highest BCUT2D eigenvalue weighted by Crippen LogP contribution is 2.23. The molecule has 5 nitrogen and oxygen atoms in total. The lowest BCUT2D eigenvalue weighted by Gasteiger charge is -2.04. The second kappa shape index (κ2) is 4.69. The van der Waals surface area contributed by atoms with Gasteiger partial charge in [0.25, 0.3) is 0 Å². The third-order valence-corrected chi connectivity index (χ3v) is 2.20. The Morgan fingerprint density at radius 2 is 1.93 bits per heavy atom. The van der Waals surface area contributed by atoms with E-state index in [2.05, 4.69) is 4.74 Å². The Morgan fingerprint density at radius 1 is 1.33 bits per heavy atom. The van der Waals surface area contributed by atoms with E-state index in [9.17, 15) is 13.2 Å². The minimum absolute atomic E-state index is 0.0389. The summed E-state index contributed by atoms with van der Waals surface area (Å²) in [5, 5.41) is 0.180. The van der Waals surface area contributed by atoms with Crippen LogP contribution in [0, 0.1) is 0 Å². The lowest BCUT2D eigenvalue weighted by molar-refractivity contribution is 0.207. The van der Waals surface area contributed by atoms with Gasteiger partial charge in [-0.2, -0.15) is 8.42 Å². The Balaban J connectivity index is 2.72. The SMILES string of the molecule is O=C(NS(=O)(=O)Cl)Oc1ccccc1Cl. The predicted molar refractivity (Wildman–Crippen MR) is 55.4 cm³/mol. The van der Waals surface area contributed by atoms with Crippen molar-refractivity contribution in [1.29, 1.82) is 0 Å². The summed E-state index contributed by atoms with van der Waals surface area (Å²) in [6, 6.07) is 6.09. The van der Waals surface area contributed by atoms with E-state index in [1.165, 1.54) is 16.9 Å². The van der Waals surface area contributed by atoms with E-state index in [-0.39, 0.29) is 10.8 Å². The fourth-order valence-corrected chi connectivity index (χ4v) is 1.35. The monoisotopic (exact) mass is 269 g/mol.